The zero-order valence-electron chi connectivity index (χ0n) is 16.3. The first-order valence-electron chi connectivity index (χ1n) is 9.31. The molecule has 0 aliphatic carbocycles. The summed E-state index contributed by atoms with van der Waals surface area (Å²) in [5.41, 5.74) is 1.03. The van der Waals surface area contributed by atoms with Gasteiger partial charge in [-0.3, -0.25) is 4.79 Å². The molecule has 2 aromatic rings. The van der Waals surface area contributed by atoms with Gasteiger partial charge in [-0.2, -0.15) is 0 Å². The van der Waals surface area contributed by atoms with Gasteiger partial charge in [0.15, 0.2) is 0 Å². The molecule has 3 rings (SSSR count). The minimum absolute atomic E-state index is 0.216. The summed E-state index contributed by atoms with van der Waals surface area (Å²) in [6, 6.07) is 6.12. The standard InChI is InChI=1S/C19H23N3O5S2/c1-3-27-19(24)15-6-7-16(20-13(15)2)18(23)22-10-8-14(9-11-22)21-29(25,26)17-5-4-12-28-17/h4-7,12,14,21H,3,8-11H2,1-2H3. The van der Waals surface area contributed by atoms with Crippen LogP contribution in [0.15, 0.2) is 33.9 Å². The number of aryl methyl sites for hydroxylation is 1. The van der Waals surface area contributed by atoms with Gasteiger partial charge >= 0.3 is 5.97 Å². The predicted molar refractivity (Wildman–Crippen MR) is 108 cm³/mol. The highest BCUT2D eigenvalue weighted by atomic mass is 32.2. The molecule has 3 heterocycles. The maximum Gasteiger partial charge on any atom is 0.339 e. The van der Waals surface area contributed by atoms with Crippen LogP contribution in [0.5, 0.6) is 0 Å². The van der Waals surface area contributed by atoms with E-state index in [9.17, 15) is 18.0 Å². The van der Waals surface area contributed by atoms with Gasteiger partial charge in [0.2, 0.25) is 10.0 Å². The molecule has 1 fully saturated rings. The van der Waals surface area contributed by atoms with E-state index in [1.54, 1.807) is 42.3 Å². The Morgan fingerprint density at radius 1 is 1.28 bits per heavy atom. The number of ether oxygens (including phenoxy) is 1. The van der Waals surface area contributed by atoms with Crippen LogP contribution in [0, 0.1) is 6.92 Å². The second-order valence-corrected chi connectivity index (χ2v) is 9.56. The summed E-state index contributed by atoms with van der Waals surface area (Å²) in [6.45, 7) is 4.51. The van der Waals surface area contributed by atoms with Crippen molar-refractivity contribution in [1.82, 2.24) is 14.6 Å². The van der Waals surface area contributed by atoms with E-state index >= 15 is 0 Å². The fourth-order valence-corrected chi connectivity index (χ4v) is 5.48. The number of rotatable bonds is 6. The van der Waals surface area contributed by atoms with Gasteiger partial charge in [-0.1, -0.05) is 6.07 Å². The third-order valence-electron chi connectivity index (χ3n) is 4.66. The molecule has 0 bridgehead atoms. The Hall–Kier alpha value is -2.30. The summed E-state index contributed by atoms with van der Waals surface area (Å²) in [4.78, 5) is 30.5. The highest BCUT2D eigenvalue weighted by Gasteiger charge is 2.28. The van der Waals surface area contributed by atoms with Gasteiger partial charge in [0, 0.05) is 19.1 Å². The van der Waals surface area contributed by atoms with Gasteiger partial charge < -0.3 is 9.64 Å². The molecule has 29 heavy (non-hydrogen) atoms. The quantitative estimate of drug-likeness (QED) is 0.695. The molecule has 1 aliphatic heterocycles. The van der Waals surface area contributed by atoms with Gasteiger partial charge in [0.25, 0.3) is 5.91 Å². The molecular weight excluding hydrogens is 414 g/mol. The Balaban J connectivity index is 1.60. The molecule has 0 radical (unpaired) electrons. The van der Waals surface area contributed by atoms with Crippen LogP contribution < -0.4 is 4.72 Å². The van der Waals surface area contributed by atoms with Crippen molar-refractivity contribution in [2.75, 3.05) is 19.7 Å². The lowest BCUT2D eigenvalue weighted by atomic mass is 10.1. The Labute approximate surface area is 173 Å². The lowest BCUT2D eigenvalue weighted by molar-refractivity contribution is 0.0523. The zero-order chi connectivity index (χ0) is 21.0. The van der Waals surface area contributed by atoms with Gasteiger partial charge in [0.1, 0.15) is 9.90 Å². The van der Waals surface area contributed by atoms with Crippen molar-refractivity contribution in [2.24, 2.45) is 0 Å². The van der Waals surface area contributed by atoms with Crippen LogP contribution in [0.3, 0.4) is 0 Å². The number of sulfonamides is 1. The van der Waals surface area contributed by atoms with Gasteiger partial charge in [-0.15, -0.1) is 11.3 Å². The summed E-state index contributed by atoms with van der Waals surface area (Å²) in [5.74, 6) is -0.696. The Morgan fingerprint density at radius 3 is 2.59 bits per heavy atom. The normalized spacial score (nSPS) is 15.3. The van der Waals surface area contributed by atoms with Crippen molar-refractivity contribution in [3.63, 3.8) is 0 Å². The van der Waals surface area contributed by atoms with Crippen LogP contribution in [0.25, 0.3) is 0 Å². The number of carbonyl (C=O) groups is 2. The van der Waals surface area contributed by atoms with Crippen LogP contribution in [-0.2, 0) is 14.8 Å². The number of thiophene rings is 1. The molecule has 1 N–H and O–H groups in total. The number of hydrogen-bond acceptors (Lipinski definition) is 7. The number of amides is 1. The fourth-order valence-electron chi connectivity index (χ4n) is 3.16. The summed E-state index contributed by atoms with van der Waals surface area (Å²) in [6.07, 6.45) is 1.05. The molecule has 1 aliphatic rings. The molecule has 8 nitrogen and oxygen atoms in total. The first-order chi connectivity index (χ1) is 13.8. The highest BCUT2D eigenvalue weighted by Crippen LogP contribution is 2.20. The molecule has 0 aromatic carbocycles. The number of esters is 1. The van der Waals surface area contributed by atoms with Crippen LogP contribution in [0.1, 0.15) is 46.3 Å². The molecule has 0 atom stereocenters. The smallest absolute Gasteiger partial charge is 0.339 e. The number of nitrogens with zero attached hydrogens (tertiary/aromatic N) is 2. The van der Waals surface area contributed by atoms with E-state index in [0.717, 1.165) is 0 Å². The molecule has 0 spiro atoms. The molecular formula is C19H23N3O5S2. The molecule has 10 heteroatoms. The van der Waals surface area contributed by atoms with Crippen molar-refractivity contribution in [3.8, 4) is 0 Å². The van der Waals surface area contributed by atoms with Crippen molar-refractivity contribution >= 4 is 33.2 Å². The van der Waals surface area contributed by atoms with Gasteiger partial charge in [0.05, 0.1) is 17.9 Å². The minimum atomic E-state index is -3.52. The Bertz CT molecular complexity index is 981. The second kappa shape index (κ2) is 9.02. The number of nitrogens with one attached hydrogen (secondary N) is 1. The summed E-state index contributed by atoms with van der Waals surface area (Å²) >= 11 is 1.17. The average molecular weight is 438 g/mol. The SMILES string of the molecule is CCOC(=O)c1ccc(C(=O)N2CCC(NS(=O)(=O)c3cccs3)CC2)nc1C. The second-order valence-electron chi connectivity index (χ2n) is 6.67. The maximum atomic E-state index is 12.7. The van der Waals surface area contributed by atoms with E-state index in [1.165, 1.54) is 17.4 Å². The maximum absolute atomic E-state index is 12.7. The minimum Gasteiger partial charge on any atom is -0.462 e. The van der Waals surface area contributed by atoms with E-state index in [4.69, 9.17) is 4.74 Å². The van der Waals surface area contributed by atoms with E-state index in [2.05, 4.69) is 9.71 Å². The lowest BCUT2D eigenvalue weighted by Crippen LogP contribution is -2.46. The van der Waals surface area contributed by atoms with Crippen LogP contribution in [0.4, 0.5) is 0 Å². The lowest BCUT2D eigenvalue weighted by Gasteiger charge is -2.32. The third-order valence-corrected chi connectivity index (χ3v) is 7.58. The molecule has 156 valence electrons. The number of aromatic nitrogens is 1. The van der Waals surface area contributed by atoms with Crippen molar-refractivity contribution in [1.29, 1.82) is 0 Å². The van der Waals surface area contributed by atoms with Crippen molar-refractivity contribution in [3.05, 3.63) is 46.6 Å². The summed E-state index contributed by atoms with van der Waals surface area (Å²) in [5, 5.41) is 1.72. The number of likely N-dealkylation sites (tertiary alicyclic amines) is 1. The van der Waals surface area contributed by atoms with Crippen molar-refractivity contribution < 1.29 is 22.7 Å². The number of pyridine rings is 1. The fraction of sp³-hybridized carbons (Fsp3) is 0.421. The van der Waals surface area contributed by atoms with E-state index in [1.807, 2.05) is 0 Å². The van der Waals surface area contributed by atoms with Crippen molar-refractivity contribution in [2.45, 2.75) is 36.9 Å². The van der Waals surface area contributed by atoms with Gasteiger partial charge in [-0.25, -0.2) is 22.9 Å². The number of piperidine rings is 1. The van der Waals surface area contributed by atoms with E-state index in [0.29, 0.717) is 37.2 Å². The largest absolute Gasteiger partial charge is 0.462 e. The highest BCUT2D eigenvalue weighted by molar-refractivity contribution is 7.91. The van der Waals surface area contributed by atoms with Crippen LogP contribution >= 0.6 is 11.3 Å². The molecule has 0 unspecified atom stereocenters. The summed E-state index contributed by atoms with van der Waals surface area (Å²) < 4.78 is 32.7. The average Bonchev–Trinajstić information content (AvgIpc) is 3.24. The molecule has 0 saturated carbocycles. The molecule has 2 aromatic heterocycles. The molecule has 1 amide bonds. The zero-order valence-corrected chi connectivity index (χ0v) is 17.9. The monoisotopic (exact) mass is 437 g/mol. The first kappa shape index (κ1) is 21.4. The first-order valence-corrected chi connectivity index (χ1v) is 11.7. The van der Waals surface area contributed by atoms with Gasteiger partial charge in [-0.05, 0) is 50.3 Å². The van der Waals surface area contributed by atoms with Crippen LogP contribution in [0.2, 0.25) is 0 Å². The molecule has 1 saturated heterocycles. The number of hydrogen-bond donors (Lipinski definition) is 1. The Kier molecular flexibility index (Phi) is 6.66. The summed E-state index contributed by atoms with van der Waals surface area (Å²) in [7, 11) is -3.52. The van der Waals surface area contributed by atoms with E-state index in [-0.39, 0.29) is 28.5 Å². The topological polar surface area (TPSA) is 106 Å². The van der Waals surface area contributed by atoms with E-state index < -0.39 is 16.0 Å². The van der Waals surface area contributed by atoms with Crippen LogP contribution in [-0.4, -0.2) is 55.9 Å². The number of carbonyl (C=O) groups excluding carboxylic acids is 2. The Morgan fingerprint density at radius 2 is 2.00 bits per heavy atom. The third kappa shape index (κ3) is 5.01. The predicted octanol–water partition coefficient (Wildman–Crippen LogP) is 2.21.